The van der Waals surface area contributed by atoms with Gasteiger partial charge in [-0.25, -0.2) is 4.68 Å². The fourth-order valence-corrected chi connectivity index (χ4v) is 2.86. The smallest absolute Gasteiger partial charge is 0.381 e. The van der Waals surface area contributed by atoms with E-state index in [0.717, 1.165) is 31.6 Å². The third-order valence-electron chi connectivity index (χ3n) is 4.21. The van der Waals surface area contributed by atoms with E-state index in [1.165, 1.54) is 10.7 Å². The molecule has 0 amide bonds. The SMILES string of the molecule is FC(F)(F)c1cccc(-n2ccc(-c3nc(C4CCCOC4)no3)n2)c1. The molecule has 0 saturated carbocycles. The summed E-state index contributed by atoms with van der Waals surface area (Å²) in [5.74, 6) is 0.886. The van der Waals surface area contributed by atoms with E-state index < -0.39 is 11.7 Å². The third-order valence-corrected chi connectivity index (χ3v) is 4.21. The summed E-state index contributed by atoms with van der Waals surface area (Å²) in [6.07, 6.45) is -0.982. The first-order chi connectivity index (χ1) is 12.5. The number of benzene rings is 1. The molecule has 0 radical (unpaired) electrons. The predicted molar refractivity (Wildman–Crippen MR) is 84.7 cm³/mol. The molecule has 0 N–H and O–H groups in total. The van der Waals surface area contributed by atoms with Crippen molar-refractivity contribution < 1.29 is 22.4 Å². The van der Waals surface area contributed by atoms with Gasteiger partial charge in [0.1, 0.15) is 0 Å². The molecule has 9 heteroatoms. The molecule has 0 bridgehead atoms. The van der Waals surface area contributed by atoms with Crippen molar-refractivity contribution in [2.45, 2.75) is 24.9 Å². The monoisotopic (exact) mass is 364 g/mol. The van der Waals surface area contributed by atoms with E-state index in [1.54, 1.807) is 18.3 Å². The first-order valence-corrected chi connectivity index (χ1v) is 8.16. The Labute approximate surface area is 146 Å². The van der Waals surface area contributed by atoms with E-state index in [-0.39, 0.29) is 11.8 Å². The van der Waals surface area contributed by atoms with Crippen molar-refractivity contribution in [1.82, 2.24) is 19.9 Å². The Hall–Kier alpha value is -2.68. The van der Waals surface area contributed by atoms with Gasteiger partial charge in [0.25, 0.3) is 5.89 Å². The second-order valence-corrected chi connectivity index (χ2v) is 6.07. The first kappa shape index (κ1) is 16.8. The van der Waals surface area contributed by atoms with Gasteiger partial charge in [0.05, 0.1) is 17.9 Å². The van der Waals surface area contributed by atoms with Gasteiger partial charge >= 0.3 is 6.18 Å². The molecule has 1 aromatic carbocycles. The van der Waals surface area contributed by atoms with Crippen molar-refractivity contribution in [2.75, 3.05) is 13.2 Å². The molecular weight excluding hydrogens is 349 g/mol. The summed E-state index contributed by atoms with van der Waals surface area (Å²) < 4.78 is 50.6. The van der Waals surface area contributed by atoms with Crippen LogP contribution in [0.25, 0.3) is 17.3 Å². The third kappa shape index (κ3) is 3.34. The quantitative estimate of drug-likeness (QED) is 0.707. The summed E-state index contributed by atoms with van der Waals surface area (Å²) in [5, 5.41) is 8.23. The lowest BCUT2D eigenvalue weighted by Gasteiger charge is -2.18. The molecule has 6 nitrogen and oxygen atoms in total. The topological polar surface area (TPSA) is 66.0 Å². The number of alkyl halides is 3. The van der Waals surface area contributed by atoms with Gasteiger partial charge in [-0.3, -0.25) is 0 Å². The maximum Gasteiger partial charge on any atom is 0.416 e. The molecule has 0 aliphatic carbocycles. The minimum atomic E-state index is -4.41. The van der Waals surface area contributed by atoms with E-state index >= 15 is 0 Å². The molecular formula is C17H15F3N4O2. The summed E-state index contributed by atoms with van der Waals surface area (Å²) >= 11 is 0. The van der Waals surface area contributed by atoms with E-state index in [4.69, 9.17) is 9.26 Å². The normalized spacial score (nSPS) is 18.2. The van der Waals surface area contributed by atoms with Gasteiger partial charge in [-0.2, -0.15) is 23.3 Å². The maximum absolute atomic E-state index is 12.9. The minimum absolute atomic E-state index is 0.0896. The molecule has 1 aliphatic rings. The van der Waals surface area contributed by atoms with Gasteiger partial charge in [0.2, 0.25) is 0 Å². The Kier molecular flexibility index (Phi) is 4.23. The standard InChI is InChI=1S/C17H15F3N4O2/c18-17(19,20)12-4-1-5-13(9-12)24-7-6-14(22-24)16-21-15(23-26-16)11-3-2-8-25-10-11/h1,4-7,9,11H,2-3,8,10H2. The van der Waals surface area contributed by atoms with Crippen molar-refractivity contribution in [3.05, 3.63) is 47.9 Å². The Morgan fingerprint density at radius 2 is 2.08 bits per heavy atom. The number of hydrogen-bond acceptors (Lipinski definition) is 5. The zero-order valence-corrected chi connectivity index (χ0v) is 13.6. The summed E-state index contributed by atoms with van der Waals surface area (Å²) in [4.78, 5) is 4.35. The average molecular weight is 364 g/mol. The van der Waals surface area contributed by atoms with E-state index in [1.807, 2.05) is 0 Å². The highest BCUT2D eigenvalue weighted by atomic mass is 19.4. The van der Waals surface area contributed by atoms with Crippen molar-refractivity contribution in [2.24, 2.45) is 0 Å². The van der Waals surface area contributed by atoms with Crippen LogP contribution in [0.2, 0.25) is 0 Å². The molecule has 2 aromatic heterocycles. The molecule has 3 aromatic rings. The summed E-state index contributed by atoms with van der Waals surface area (Å²) in [7, 11) is 0. The highest BCUT2D eigenvalue weighted by molar-refractivity contribution is 5.47. The lowest BCUT2D eigenvalue weighted by molar-refractivity contribution is -0.137. The average Bonchev–Trinajstić information content (AvgIpc) is 3.31. The van der Waals surface area contributed by atoms with E-state index in [2.05, 4.69) is 15.2 Å². The number of halogens is 3. The van der Waals surface area contributed by atoms with Crippen LogP contribution in [0.3, 0.4) is 0 Å². The van der Waals surface area contributed by atoms with E-state index in [9.17, 15) is 13.2 Å². The molecule has 3 heterocycles. The zero-order valence-electron chi connectivity index (χ0n) is 13.6. The zero-order chi connectivity index (χ0) is 18.1. The molecule has 1 aliphatic heterocycles. The molecule has 136 valence electrons. The molecule has 4 rings (SSSR count). The number of aromatic nitrogens is 4. The van der Waals surface area contributed by atoms with Crippen molar-refractivity contribution >= 4 is 0 Å². The highest BCUT2D eigenvalue weighted by Gasteiger charge is 2.30. The fraction of sp³-hybridized carbons (Fsp3) is 0.353. The van der Waals surface area contributed by atoms with Crippen LogP contribution in [-0.2, 0) is 10.9 Å². The van der Waals surface area contributed by atoms with Crippen molar-refractivity contribution in [3.63, 3.8) is 0 Å². The van der Waals surface area contributed by atoms with Crippen LogP contribution in [-0.4, -0.2) is 33.1 Å². The Morgan fingerprint density at radius 3 is 2.85 bits per heavy atom. The number of nitrogens with zero attached hydrogens (tertiary/aromatic N) is 4. The second-order valence-electron chi connectivity index (χ2n) is 6.07. The van der Waals surface area contributed by atoms with Gasteiger partial charge < -0.3 is 9.26 Å². The first-order valence-electron chi connectivity index (χ1n) is 8.16. The van der Waals surface area contributed by atoms with Crippen LogP contribution in [0.1, 0.15) is 30.1 Å². The Morgan fingerprint density at radius 1 is 1.19 bits per heavy atom. The van der Waals surface area contributed by atoms with Gasteiger partial charge in [0.15, 0.2) is 11.5 Å². The number of rotatable bonds is 3. The molecule has 26 heavy (non-hydrogen) atoms. The summed E-state index contributed by atoms with van der Waals surface area (Å²) in [6, 6.07) is 6.56. The second kappa shape index (κ2) is 6.56. The number of ether oxygens (including phenoxy) is 1. The van der Waals surface area contributed by atoms with Crippen LogP contribution in [0.15, 0.2) is 41.1 Å². The lowest BCUT2D eigenvalue weighted by atomic mass is 10.0. The van der Waals surface area contributed by atoms with Crippen LogP contribution < -0.4 is 0 Å². The molecule has 1 fully saturated rings. The fourth-order valence-electron chi connectivity index (χ4n) is 2.86. The molecule has 1 atom stereocenters. The van der Waals surface area contributed by atoms with Crippen molar-refractivity contribution in [1.29, 1.82) is 0 Å². The van der Waals surface area contributed by atoms with E-state index in [0.29, 0.717) is 23.8 Å². The van der Waals surface area contributed by atoms with Gasteiger partial charge in [0, 0.05) is 18.7 Å². The van der Waals surface area contributed by atoms with Crippen LogP contribution in [0.4, 0.5) is 13.2 Å². The van der Waals surface area contributed by atoms with Crippen molar-refractivity contribution in [3.8, 4) is 17.3 Å². The maximum atomic E-state index is 12.9. The Bertz CT molecular complexity index is 897. The summed E-state index contributed by atoms with van der Waals surface area (Å²) in [6.45, 7) is 1.29. The number of hydrogen-bond donors (Lipinski definition) is 0. The summed E-state index contributed by atoms with van der Waals surface area (Å²) in [5.41, 5.74) is -0.0335. The predicted octanol–water partition coefficient (Wildman–Crippen LogP) is 3.84. The van der Waals surface area contributed by atoms with Gasteiger partial charge in [-0.15, -0.1) is 0 Å². The minimum Gasteiger partial charge on any atom is -0.381 e. The van der Waals surface area contributed by atoms with Crippen LogP contribution >= 0.6 is 0 Å². The molecule has 0 spiro atoms. The van der Waals surface area contributed by atoms with Gasteiger partial charge in [-0.05, 0) is 37.1 Å². The van der Waals surface area contributed by atoms with Crippen LogP contribution in [0.5, 0.6) is 0 Å². The highest BCUT2D eigenvalue weighted by Crippen LogP contribution is 2.30. The Balaban J connectivity index is 1.58. The lowest BCUT2D eigenvalue weighted by Crippen LogP contribution is -2.16. The van der Waals surface area contributed by atoms with Crippen LogP contribution in [0, 0.1) is 0 Å². The molecule has 1 unspecified atom stereocenters. The molecule has 1 saturated heterocycles. The largest absolute Gasteiger partial charge is 0.416 e. The van der Waals surface area contributed by atoms with Gasteiger partial charge in [-0.1, -0.05) is 11.2 Å².